The minimum absolute atomic E-state index is 0.0372. The van der Waals surface area contributed by atoms with Gasteiger partial charge < -0.3 is 9.47 Å². The molecule has 0 N–H and O–H groups in total. The Kier molecular flexibility index (Phi) is 4.36. The molecule has 0 unspecified atom stereocenters. The lowest BCUT2D eigenvalue weighted by Gasteiger charge is -2.55. The molecule has 0 aromatic carbocycles. The minimum Gasteiger partial charge on any atom is -0.462 e. The highest BCUT2D eigenvalue weighted by molar-refractivity contribution is 5.68. The summed E-state index contributed by atoms with van der Waals surface area (Å²) in [6.07, 6.45) is 12.8. The Morgan fingerprint density at radius 2 is 1.85 bits per heavy atom. The van der Waals surface area contributed by atoms with Gasteiger partial charge in [-0.25, -0.2) is 0 Å². The van der Waals surface area contributed by atoms with Gasteiger partial charge in [-0.05, 0) is 62.4 Å². The Morgan fingerprint density at radius 1 is 1.07 bits per heavy atom. The summed E-state index contributed by atoms with van der Waals surface area (Å²) in [5, 5.41) is 0. The molecule has 2 saturated carbocycles. The molecular weight excluding hydrogens is 340 g/mol. The molecule has 27 heavy (non-hydrogen) atoms. The van der Waals surface area contributed by atoms with Gasteiger partial charge in [0.2, 0.25) is 0 Å². The zero-order valence-corrected chi connectivity index (χ0v) is 16.8. The fourth-order valence-corrected chi connectivity index (χ4v) is 6.24. The highest BCUT2D eigenvalue weighted by Gasteiger charge is 2.55. The maximum Gasteiger partial charge on any atom is 0.307 e. The van der Waals surface area contributed by atoms with Crippen LogP contribution < -0.4 is 0 Å². The molecule has 0 spiro atoms. The molecule has 4 rings (SSSR count). The molecule has 2 fully saturated rings. The van der Waals surface area contributed by atoms with Crippen LogP contribution in [0.4, 0.5) is 0 Å². The van der Waals surface area contributed by atoms with Crippen LogP contribution in [0.15, 0.2) is 35.1 Å². The molecule has 4 heteroatoms. The number of hydrogen-bond acceptors (Lipinski definition) is 4. The van der Waals surface area contributed by atoms with Gasteiger partial charge in [-0.3, -0.25) is 9.59 Å². The van der Waals surface area contributed by atoms with E-state index in [4.69, 9.17) is 9.47 Å². The Bertz CT molecular complexity index is 773. The molecule has 4 aliphatic rings. The molecule has 0 aliphatic heterocycles. The number of ether oxygens (including phenoxy) is 2. The molecule has 0 heterocycles. The van der Waals surface area contributed by atoms with Gasteiger partial charge in [0.15, 0.2) is 0 Å². The number of allylic oxidation sites excluding steroid dienone is 4. The molecule has 0 aromatic heterocycles. The standard InChI is InChI=1S/C23H30O4/c1-14(24)26-17-9-11-22(3)16(13-17)5-6-18-19-7-8-21(27-15(2)25)23(19,4)12-10-20(18)22/h5,7-8,17-18,20H,6,9-13H2,1-4H3/t17-,18-,20-,22-,23-/m0/s1. The van der Waals surface area contributed by atoms with E-state index in [0.717, 1.165) is 44.3 Å². The monoisotopic (exact) mass is 370 g/mol. The number of carbonyl (C=O) groups is 2. The predicted octanol–water partition coefficient (Wildman–Crippen LogP) is 4.86. The highest BCUT2D eigenvalue weighted by atomic mass is 16.5. The van der Waals surface area contributed by atoms with Crippen LogP contribution in [0, 0.1) is 22.7 Å². The number of hydrogen-bond donors (Lipinski definition) is 0. The van der Waals surface area contributed by atoms with E-state index in [2.05, 4.69) is 26.0 Å². The average Bonchev–Trinajstić information content (AvgIpc) is 2.91. The number of carbonyl (C=O) groups excluding carboxylic acids is 2. The summed E-state index contributed by atoms with van der Waals surface area (Å²) in [5.41, 5.74) is 2.97. The van der Waals surface area contributed by atoms with Crippen molar-refractivity contribution in [2.24, 2.45) is 22.7 Å². The van der Waals surface area contributed by atoms with E-state index in [0.29, 0.717) is 11.8 Å². The lowest BCUT2D eigenvalue weighted by Crippen LogP contribution is -2.47. The number of rotatable bonds is 2. The van der Waals surface area contributed by atoms with Crippen molar-refractivity contribution in [1.29, 1.82) is 0 Å². The lowest BCUT2D eigenvalue weighted by atomic mass is 9.49. The van der Waals surface area contributed by atoms with Crippen LogP contribution in [0.3, 0.4) is 0 Å². The molecular formula is C23H30O4. The molecule has 4 nitrogen and oxygen atoms in total. The van der Waals surface area contributed by atoms with Gasteiger partial charge in [0.25, 0.3) is 0 Å². The van der Waals surface area contributed by atoms with E-state index in [9.17, 15) is 9.59 Å². The van der Waals surface area contributed by atoms with E-state index in [1.165, 1.54) is 25.0 Å². The topological polar surface area (TPSA) is 52.6 Å². The van der Waals surface area contributed by atoms with Crippen LogP contribution in [0.5, 0.6) is 0 Å². The third kappa shape index (κ3) is 2.88. The largest absolute Gasteiger partial charge is 0.462 e. The van der Waals surface area contributed by atoms with Crippen molar-refractivity contribution < 1.29 is 19.1 Å². The number of fused-ring (bicyclic) bond motifs is 5. The molecule has 5 atom stereocenters. The first kappa shape index (κ1) is 18.5. The summed E-state index contributed by atoms with van der Waals surface area (Å²) in [5.74, 6) is 1.53. The summed E-state index contributed by atoms with van der Waals surface area (Å²) in [6.45, 7) is 7.63. The zero-order valence-electron chi connectivity index (χ0n) is 16.8. The molecule has 0 amide bonds. The van der Waals surface area contributed by atoms with Crippen LogP contribution in [0.2, 0.25) is 0 Å². The predicted molar refractivity (Wildman–Crippen MR) is 102 cm³/mol. The van der Waals surface area contributed by atoms with Gasteiger partial charge in [0, 0.05) is 25.7 Å². The van der Waals surface area contributed by atoms with Crippen molar-refractivity contribution in [2.45, 2.75) is 72.3 Å². The van der Waals surface area contributed by atoms with Gasteiger partial charge in [0.1, 0.15) is 11.9 Å². The Morgan fingerprint density at radius 3 is 2.56 bits per heavy atom. The van der Waals surface area contributed by atoms with Crippen LogP contribution in [0.25, 0.3) is 0 Å². The summed E-state index contributed by atoms with van der Waals surface area (Å²) < 4.78 is 11.1. The molecule has 0 bridgehead atoms. The summed E-state index contributed by atoms with van der Waals surface area (Å²) in [7, 11) is 0. The van der Waals surface area contributed by atoms with Crippen LogP contribution >= 0.6 is 0 Å². The number of esters is 2. The van der Waals surface area contributed by atoms with Crippen molar-refractivity contribution in [3.8, 4) is 0 Å². The van der Waals surface area contributed by atoms with Crippen molar-refractivity contribution >= 4 is 11.9 Å². The highest BCUT2D eigenvalue weighted by Crippen LogP contribution is 2.63. The molecule has 0 aromatic rings. The van der Waals surface area contributed by atoms with E-state index in [1.807, 2.05) is 6.08 Å². The van der Waals surface area contributed by atoms with Crippen molar-refractivity contribution in [2.75, 3.05) is 0 Å². The first-order valence-corrected chi connectivity index (χ1v) is 10.2. The fourth-order valence-electron chi connectivity index (χ4n) is 6.24. The van der Waals surface area contributed by atoms with Crippen LogP contribution in [-0.2, 0) is 19.1 Å². The maximum absolute atomic E-state index is 11.5. The summed E-state index contributed by atoms with van der Waals surface area (Å²) in [4.78, 5) is 22.9. The summed E-state index contributed by atoms with van der Waals surface area (Å²) in [6, 6.07) is 0. The fraction of sp³-hybridized carbons (Fsp3) is 0.652. The van der Waals surface area contributed by atoms with Crippen LogP contribution in [-0.4, -0.2) is 18.0 Å². The van der Waals surface area contributed by atoms with Crippen molar-refractivity contribution in [1.82, 2.24) is 0 Å². The normalized spacial score (nSPS) is 39.9. The molecule has 0 radical (unpaired) electrons. The van der Waals surface area contributed by atoms with Gasteiger partial charge in [-0.1, -0.05) is 30.2 Å². The second kappa shape index (κ2) is 6.35. The second-order valence-electron chi connectivity index (χ2n) is 9.19. The van der Waals surface area contributed by atoms with Gasteiger partial charge >= 0.3 is 11.9 Å². The third-order valence-corrected chi connectivity index (χ3v) is 7.63. The Hall–Kier alpha value is -1.84. The molecule has 0 saturated heterocycles. The first-order valence-electron chi connectivity index (χ1n) is 10.2. The van der Waals surface area contributed by atoms with Gasteiger partial charge in [-0.15, -0.1) is 0 Å². The van der Waals surface area contributed by atoms with E-state index in [-0.39, 0.29) is 28.9 Å². The summed E-state index contributed by atoms with van der Waals surface area (Å²) >= 11 is 0. The maximum atomic E-state index is 11.5. The van der Waals surface area contributed by atoms with E-state index in [1.54, 1.807) is 0 Å². The molecule has 146 valence electrons. The Labute approximate surface area is 161 Å². The SMILES string of the molecule is CC(=O)OC1=CC=C2[C@@H]3CC=C4C[C@@H](OC(C)=O)CC[C@]4(C)[C@H]3CC[C@]12C. The second-order valence-corrected chi connectivity index (χ2v) is 9.19. The smallest absolute Gasteiger partial charge is 0.307 e. The van der Waals surface area contributed by atoms with Crippen LogP contribution in [0.1, 0.15) is 66.2 Å². The quantitative estimate of drug-likeness (QED) is 0.515. The molecule has 4 aliphatic carbocycles. The minimum atomic E-state index is -0.235. The van der Waals surface area contributed by atoms with E-state index < -0.39 is 0 Å². The van der Waals surface area contributed by atoms with Gasteiger partial charge in [-0.2, -0.15) is 0 Å². The third-order valence-electron chi connectivity index (χ3n) is 7.63. The van der Waals surface area contributed by atoms with Crippen molar-refractivity contribution in [3.05, 3.63) is 35.1 Å². The zero-order chi connectivity index (χ0) is 19.4. The Balaban J connectivity index is 1.58. The van der Waals surface area contributed by atoms with Gasteiger partial charge in [0.05, 0.1) is 0 Å². The average molecular weight is 370 g/mol. The van der Waals surface area contributed by atoms with E-state index >= 15 is 0 Å². The lowest BCUT2D eigenvalue weighted by molar-refractivity contribution is -0.148. The van der Waals surface area contributed by atoms with Crippen molar-refractivity contribution in [3.63, 3.8) is 0 Å². The first-order chi connectivity index (χ1) is 12.7.